The lowest BCUT2D eigenvalue weighted by Crippen LogP contribution is -2.53. The second kappa shape index (κ2) is 9.92. The van der Waals surface area contributed by atoms with Crippen molar-refractivity contribution in [2.45, 2.75) is 52.7 Å². The van der Waals surface area contributed by atoms with E-state index in [0.29, 0.717) is 12.3 Å². The Hall–Kier alpha value is -2.34. The monoisotopic (exact) mass is 460 g/mol. The molecule has 0 saturated heterocycles. The van der Waals surface area contributed by atoms with Gasteiger partial charge in [0.25, 0.3) is 5.91 Å². The number of nitrogens with one attached hydrogen (secondary N) is 1. The van der Waals surface area contributed by atoms with Crippen molar-refractivity contribution in [3.05, 3.63) is 64.1 Å². The maximum Gasteiger partial charge on any atom is 0.261 e. The number of benzene rings is 2. The summed E-state index contributed by atoms with van der Waals surface area (Å²) >= 11 is 3.45. The molecular weight excluding hydrogens is 432 g/mol. The lowest BCUT2D eigenvalue weighted by atomic mass is 10.1. The van der Waals surface area contributed by atoms with Gasteiger partial charge in [0.2, 0.25) is 5.91 Å². The van der Waals surface area contributed by atoms with Gasteiger partial charge in [-0.05, 0) is 64.4 Å². The summed E-state index contributed by atoms with van der Waals surface area (Å²) in [4.78, 5) is 27.3. The predicted octanol–water partition coefficient (Wildman–Crippen LogP) is 4.47. The molecule has 0 spiro atoms. The van der Waals surface area contributed by atoms with Crippen molar-refractivity contribution in [2.24, 2.45) is 0 Å². The highest BCUT2D eigenvalue weighted by atomic mass is 79.9. The van der Waals surface area contributed by atoms with Gasteiger partial charge in [-0.15, -0.1) is 0 Å². The number of hydrogen-bond donors (Lipinski definition) is 1. The fourth-order valence-electron chi connectivity index (χ4n) is 2.75. The zero-order valence-electron chi connectivity index (χ0n) is 17.7. The van der Waals surface area contributed by atoms with Crippen LogP contribution in [-0.2, 0) is 16.1 Å². The van der Waals surface area contributed by atoms with Gasteiger partial charge in [-0.3, -0.25) is 9.59 Å². The SMILES string of the molecule is Cc1ccc(OCC(=O)N(Cc2cccc(Br)c2)[C@H](C)C(=O)NC(C)(C)C)cc1. The lowest BCUT2D eigenvalue weighted by molar-refractivity contribution is -0.142. The van der Waals surface area contributed by atoms with Gasteiger partial charge in [0.05, 0.1) is 0 Å². The second-order valence-corrected chi connectivity index (χ2v) is 9.08. The van der Waals surface area contributed by atoms with E-state index in [4.69, 9.17) is 4.74 Å². The van der Waals surface area contributed by atoms with Crippen molar-refractivity contribution in [1.29, 1.82) is 0 Å². The van der Waals surface area contributed by atoms with Crippen LogP contribution in [0.4, 0.5) is 0 Å². The minimum absolute atomic E-state index is 0.135. The summed E-state index contributed by atoms with van der Waals surface area (Å²) < 4.78 is 6.59. The molecule has 0 aliphatic heterocycles. The van der Waals surface area contributed by atoms with E-state index in [2.05, 4.69) is 21.2 Å². The zero-order chi connectivity index (χ0) is 21.6. The van der Waals surface area contributed by atoms with E-state index in [1.165, 1.54) is 0 Å². The Labute approximate surface area is 181 Å². The van der Waals surface area contributed by atoms with Gasteiger partial charge < -0.3 is 15.0 Å². The van der Waals surface area contributed by atoms with Crippen molar-refractivity contribution in [1.82, 2.24) is 10.2 Å². The van der Waals surface area contributed by atoms with Crippen LogP contribution in [0.1, 0.15) is 38.8 Å². The second-order valence-electron chi connectivity index (χ2n) is 8.17. The van der Waals surface area contributed by atoms with Crippen molar-refractivity contribution in [2.75, 3.05) is 6.61 Å². The molecule has 6 heteroatoms. The number of carbonyl (C=O) groups is 2. The highest BCUT2D eigenvalue weighted by Crippen LogP contribution is 2.17. The average Bonchev–Trinajstić information content (AvgIpc) is 2.63. The van der Waals surface area contributed by atoms with E-state index in [1.807, 2.05) is 76.2 Å². The highest BCUT2D eigenvalue weighted by Gasteiger charge is 2.28. The predicted molar refractivity (Wildman–Crippen MR) is 119 cm³/mol. The van der Waals surface area contributed by atoms with Crippen LogP contribution in [0.5, 0.6) is 5.75 Å². The van der Waals surface area contributed by atoms with E-state index >= 15 is 0 Å². The molecule has 0 bridgehead atoms. The summed E-state index contributed by atoms with van der Waals surface area (Å²) in [5, 5.41) is 2.95. The minimum atomic E-state index is -0.637. The molecular formula is C23H29BrN2O3. The van der Waals surface area contributed by atoms with Crippen molar-refractivity contribution >= 4 is 27.7 Å². The van der Waals surface area contributed by atoms with Gasteiger partial charge in [-0.1, -0.05) is 45.8 Å². The van der Waals surface area contributed by atoms with Gasteiger partial charge in [-0.25, -0.2) is 0 Å². The van der Waals surface area contributed by atoms with E-state index in [-0.39, 0.29) is 24.0 Å². The molecule has 5 nitrogen and oxygen atoms in total. The Kier molecular flexibility index (Phi) is 7.85. The van der Waals surface area contributed by atoms with Crippen LogP contribution >= 0.6 is 15.9 Å². The number of carbonyl (C=O) groups excluding carboxylic acids is 2. The Morgan fingerprint density at radius 2 is 1.79 bits per heavy atom. The number of aryl methyl sites for hydroxylation is 1. The third-order valence-electron chi connectivity index (χ3n) is 4.29. The number of nitrogens with zero attached hydrogens (tertiary/aromatic N) is 1. The van der Waals surface area contributed by atoms with Crippen molar-refractivity contribution in [3.63, 3.8) is 0 Å². The number of ether oxygens (including phenoxy) is 1. The third kappa shape index (κ3) is 7.54. The zero-order valence-corrected chi connectivity index (χ0v) is 19.2. The van der Waals surface area contributed by atoms with Gasteiger partial charge in [0.1, 0.15) is 11.8 Å². The number of hydrogen-bond acceptors (Lipinski definition) is 3. The standard InChI is InChI=1S/C23H29BrN2O3/c1-16-9-11-20(12-10-16)29-15-21(27)26(14-18-7-6-8-19(24)13-18)17(2)22(28)25-23(3,4)5/h6-13,17H,14-15H2,1-5H3,(H,25,28)/t17-/m1/s1. The summed E-state index contributed by atoms with van der Waals surface area (Å²) in [7, 11) is 0. The summed E-state index contributed by atoms with van der Waals surface area (Å²) in [5.74, 6) is 0.177. The molecule has 2 aromatic carbocycles. The van der Waals surface area contributed by atoms with E-state index in [1.54, 1.807) is 11.8 Å². The van der Waals surface area contributed by atoms with Crippen molar-refractivity contribution in [3.8, 4) is 5.75 Å². The van der Waals surface area contributed by atoms with Crippen LogP contribution in [0.15, 0.2) is 53.0 Å². The molecule has 1 atom stereocenters. The van der Waals surface area contributed by atoms with Gasteiger partial charge >= 0.3 is 0 Å². The summed E-state index contributed by atoms with van der Waals surface area (Å²) in [6.45, 7) is 9.65. The average molecular weight is 461 g/mol. The Balaban J connectivity index is 2.16. The summed E-state index contributed by atoms with van der Waals surface area (Å²) in [6, 6.07) is 14.6. The summed E-state index contributed by atoms with van der Waals surface area (Å²) in [6.07, 6.45) is 0. The Bertz CT molecular complexity index is 844. The van der Waals surface area contributed by atoms with Crippen LogP contribution in [-0.4, -0.2) is 34.9 Å². The topological polar surface area (TPSA) is 58.6 Å². The molecule has 0 saturated carbocycles. The molecule has 0 aliphatic carbocycles. The fraction of sp³-hybridized carbons (Fsp3) is 0.391. The van der Waals surface area contributed by atoms with Crippen LogP contribution < -0.4 is 10.1 Å². The van der Waals surface area contributed by atoms with E-state index in [0.717, 1.165) is 15.6 Å². The molecule has 2 amide bonds. The van der Waals surface area contributed by atoms with E-state index in [9.17, 15) is 9.59 Å². The first kappa shape index (κ1) is 22.9. The first-order valence-corrected chi connectivity index (χ1v) is 10.4. The normalized spacial score (nSPS) is 12.2. The fourth-order valence-corrected chi connectivity index (χ4v) is 3.20. The first-order valence-electron chi connectivity index (χ1n) is 9.60. The number of amides is 2. The number of rotatable bonds is 7. The molecule has 29 heavy (non-hydrogen) atoms. The highest BCUT2D eigenvalue weighted by molar-refractivity contribution is 9.10. The maximum atomic E-state index is 13.0. The molecule has 0 fully saturated rings. The molecule has 2 aromatic rings. The minimum Gasteiger partial charge on any atom is -0.484 e. The Morgan fingerprint density at radius 3 is 2.38 bits per heavy atom. The first-order chi connectivity index (χ1) is 13.5. The molecule has 156 valence electrons. The van der Waals surface area contributed by atoms with Crippen molar-refractivity contribution < 1.29 is 14.3 Å². The molecule has 0 heterocycles. The number of halogens is 1. The smallest absolute Gasteiger partial charge is 0.261 e. The quantitative estimate of drug-likeness (QED) is 0.662. The lowest BCUT2D eigenvalue weighted by Gasteiger charge is -2.31. The van der Waals surface area contributed by atoms with Crippen LogP contribution in [0.2, 0.25) is 0 Å². The molecule has 1 N–H and O–H groups in total. The maximum absolute atomic E-state index is 13.0. The van der Waals surface area contributed by atoms with Gasteiger partial charge in [0, 0.05) is 16.6 Å². The van der Waals surface area contributed by atoms with Gasteiger partial charge in [-0.2, -0.15) is 0 Å². The van der Waals surface area contributed by atoms with Gasteiger partial charge in [0.15, 0.2) is 6.61 Å². The van der Waals surface area contributed by atoms with Crippen LogP contribution in [0.3, 0.4) is 0 Å². The van der Waals surface area contributed by atoms with E-state index < -0.39 is 6.04 Å². The molecule has 2 rings (SSSR count). The molecule has 0 aromatic heterocycles. The van der Waals surface area contributed by atoms with Crippen LogP contribution in [0.25, 0.3) is 0 Å². The molecule has 0 unspecified atom stereocenters. The molecule has 0 aliphatic rings. The third-order valence-corrected chi connectivity index (χ3v) is 4.78. The molecule has 0 radical (unpaired) electrons. The van der Waals surface area contributed by atoms with Crippen LogP contribution in [0, 0.1) is 6.92 Å². The largest absolute Gasteiger partial charge is 0.484 e. The Morgan fingerprint density at radius 1 is 1.14 bits per heavy atom. The summed E-state index contributed by atoms with van der Waals surface area (Å²) in [5.41, 5.74) is 1.67.